The molecule has 0 spiro atoms. The van der Waals surface area contributed by atoms with E-state index in [1.807, 2.05) is 19.1 Å². The van der Waals surface area contributed by atoms with Crippen LogP contribution in [0.2, 0.25) is 0 Å². The van der Waals surface area contributed by atoms with E-state index in [0.717, 1.165) is 12.0 Å². The van der Waals surface area contributed by atoms with E-state index in [2.05, 4.69) is 252 Å². The van der Waals surface area contributed by atoms with E-state index in [9.17, 15) is 0 Å². The number of rotatable bonds is 10. The molecule has 0 heteroatoms. The van der Waals surface area contributed by atoms with Crippen LogP contribution in [0.3, 0.4) is 0 Å². The van der Waals surface area contributed by atoms with E-state index < -0.39 is 0 Å². The van der Waals surface area contributed by atoms with Crippen molar-refractivity contribution in [3.8, 4) is 44.5 Å². The number of benzene rings is 10. The Labute approximate surface area is 396 Å². The highest BCUT2D eigenvalue weighted by atomic mass is 14.2. The second-order valence-electron chi connectivity index (χ2n) is 17.3. The summed E-state index contributed by atoms with van der Waals surface area (Å²) in [6.07, 6.45) is 11.1. The molecule has 0 aliphatic heterocycles. The lowest BCUT2D eigenvalue weighted by Gasteiger charge is -2.17. The van der Waals surface area contributed by atoms with Crippen LogP contribution in [0.1, 0.15) is 44.4 Å². The summed E-state index contributed by atoms with van der Waals surface area (Å²) in [7, 11) is 0. The van der Waals surface area contributed by atoms with Crippen molar-refractivity contribution in [2.75, 3.05) is 0 Å². The Morgan fingerprint density at radius 1 is 0.433 bits per heavy atom. The minimum absolute atomic E-state index is 1.10. The van der Waals surface area contributed by atoms with Gasteiger partial charge in [0.1, 0.15) is 0 Å². The molecular weight excluding hydrogens is 805 g/mol. The zero-order valence-corrected chi connectivity index (χ0v) is 39.1. The molecule has 0 saturated carbocycles. The second kappa shape index (κ2) is 20.0. The minimum atomic E-state index is 1.10. The van der Waals surface area contributed by atoms with Gasteiger partial charge in [0.25, 0.3) is 0 Å². The van der Waals surface area contributed by atoms with Crippen LogP contribution in [-0.4, -0.2) is 0 Å². The molecule has 0 aliphatic rings. The molecule has 0 nitrogen and oxygen atoms in total. The lowest BCUT2D eigenvalue weighted by atomic mass is 9.87. The van der Waals surface area contributed by atoms with Gasteiger partial charge < -0.3 is 0 Å². The van der Waals surface area contributed by atoms with Gasteiger partial charge in [0.2, 0.25) is 0 Å². The molecule has 0 atom stereocenters. The first-order valence-electron chi connectivity index (χ1n) is 23.4. The molecule has 0 amide bonds. The summed E-state index contributed by atoms with van der Waals surface area (Å²) in [5.41, 5.74) is 17.5. The summed E-state index contributed by atoms with van der Waals surface area (Å²) in [5.74, 6) is 0. The molecule has 324 valence electrons. The molecule has 10 rings (SSSR count). The fourth-order valence-electron chi connectivity index (χ4n) is 9.65. The van der Waals surface area contributed by atoms with Crippen molar-refractivity contribution in [3.05, 3.63) is 266 Å². The molecule has 0 bridgehead atoms. The predicted octanol–water partition coefficient (Wildman–Crippen LogP) is 19.3. The summed E-state index contributed by atoms with van der Waals surface area (Å²) in [6.45, 7) is 16.2. The summed E-state index contributed by atoms with van der Waals surface area (Å²) in [5, 5.41) is 9.99. The SMILES string of the molecule is C=C/C=C(\C=C/C)c1ccc2cc(-c3ccc(-c4cccc5c(-c6ccc(-c7ccccc7)c7ccccc67)cccc45)c4ccccc34)ccc2c1.C=CC(=C(C)C)c1ccc(CC)cc1. The molecule has 0 aromatic heterocycles. The average molecular weight is 861 g/mol. The molecule has 0 unspecified atom stereocenters. The van der Waals surface area contributed by atoms with Crippen molar-refractivity contribution in [1.29, 1.82) is 0 Å². The van der Waals surface area contributed by atoms with Crippen LogP contribution < -0.4 is 0 Å². The van der Waals surface area contributed by atoms with E-state index >= 15 is 0 Å². The van der Waals surface area contributed by atoms with Crippen molar-refractivity contribution in [2.24, 2.45) is 0 Å². The number of fused-ring (bicyclic) bond motifs is 4. The van der Waals surface area contributed by atoms with Gasteiger partial charge >= 0.3 is 0 Å². The Morgan fingerprint density at radius 2 is 0.896 bits per heavy atom. The smallest absolute Gasteiger partial charge is 0.00987 e. The molecule has 0 N–H and O–H groups in total. The van der Waals surface area contributed by atoms with Crippen LogP contribution in [0.25, 0.3) is 98.7 Å². The van der Waals surface area contributed by atoms with Crippen LogP contribution in [0, 0.1) is 0 Å². The Kier molecular flexibility index (Phi) is 13.2. The van der Waals surface area contributed by atoms with Gasteiger partial charge in [-0.3, -0.25) is 0 Å². The Morgan fingerprint density at radius 3 is 1.42 bits per heavy atom. The topological polar surface area (TPSA) is 0 Å². The molecule has 0 heterocycles. The summed E-state index contributed by atoms with van der Waals surface area (Å²) in [4.78, 5) is 0. The number of allylic oxidation sites excluding steroid dienone is 8. The summed E-state index contributed by atoms with van der Waals surface area (Å²) in [6, 6.07) is 73.4. The van der Waals surface area contributed by atoms with Gasteiger partial charge in [-0.05, 0) is 155 Å². The molecule has 0 saturated heterocycles. The number of hydrogen-bond acceptors (Lipinski definition) is 0. The molecule has 10 aromatic carbocycles. The van der Waals surface area contributed by atoms with Crippen LogP contribution >= 0.6 is 0 Å². The third kappa shape index (κ3) is 9.00. The third-order valence-corrected chi connectivity index (χ3v) is 13.0. The second-order valence-corrected chi connectivity index (χ2v) is 17.3. The normalized spacial score (nSPS) is 11.5. The third-order valence-electron chi connectivity index (χ3n) is 13.0. The highest BCUT2D eigenvalue weighted by Gasteiger charge is 2.16. The maximum absolute atomic E-state index is 3.91. The maximum Gasteiger partial charge on any atom is -0.00987 e. The van der Waals surface area contributed by atoms with E-state index in [0.29, 0.717) is 0 Å². The van der Waals surface area contributed by atoms with Crippen LogP contribution in [0.4, 0.5) is 0 Å². The van der Waals surface area contributed by atoms with E-state index in [1.54, 1.807) is 0 Å². The van der Waals surface area contributed by atoms with Crippen molar-refractivity contribution < 1.29 is 0 Å². The zero-order chi connectivity index (χ0) is 46.3. The molecule has 0 fully saturated rings. The van der Waals surface area contributed by atoms with E-state index in [4.69, 9.17) is 0 Å². The van der Waals surface area contributed by atoms with Gasteiger partial charge in [0.05, 0.1) is 0 Å². The first-order valence-corrected chi connectivity index (χ1v) is 23.4. The number of hydrogen-bond donors (Lipinski definition) is 0. The minimum Gasteiger partial charge on any atom is -0.0990 e. The molecule has 0 radical (unpaired) electrons. The van der Waals surface area contributed by atoms with E-state index in [-0.39, 0.29) is 0 Å². The predicted molar refractivity (Wildman–Crippen MR) is 295 cm³/mol. The Hall–Kier alpha value is -8.06. The molecular formula is C67H56. The van der Waals surface area contributed by atoms with E-state index in [1.165, 1.54) is 115 Å². The van der Waals surface area contributed by atoms with Crippen LogP contribution in [-0.2, 0) is 6.42 Å². The van der Waals surface area contributed by atoms with Gasteiger partial charge in [0, 0.05) is 0 Å². The van der Waals surface area contributed by atoms with Gasteiger partial charge in [0.15, 0.2) is 0 Å². The Bertz CT molecular complexity index is 3530. The lowest BCUT2D eigenvalue weighted by molar-refractivity contribution is 1.14. The fourth-order valence-corrected chi connectivity index (χ4v) is 9.65. The largest absolute Gasteiger partial charge is 0.0990 e. The summed E-state index contributed by atoms with van der Waals surface area (Å²) < 4.78 is 0. The standard InChI is InChI=1S/C53H38.C14H18/c1-3-14-36(15-4-2)38-26-27-40-35-41(29-28-39(40)34-38)43-31-33-53(47-21-11-9-19-45(43)47)51-25-13-22-48-49(51)23-12-24-50(48)52-32-30-42(37-16-6-5-7-17-37)44-18-8-10-20-46(44)52;1-5-12-7-9-13(10-8-12)14(6-2)11(3)4/h3-35H,1H2,2H3;6-10H,2,5H2,1,3-4H3/b15-4-,36-14+;. The monoisotopic (exact) mass is 860 g/mol. The van der Waals surface area contributed by atoms with Gasteiger partial charge in [-0.25, -0.2) is 0 Å². The molecule has 67 heavy (non-hydrogen) atoms. The lowest BCUT2D eigenvalue weighted by Crippen LogP contribution is -1.90. The quantitative estimate of drug-likeness (QED) is 0.120. The maximum atomic E-state index is 3.91. The first-order chi connectivity index (χ1) is 32.9. The fraction of sp³-hybridized carbons (Fsp3) is 0.0746. The number of aryl methyl sites for hydroxylation is 1. The van der Waals surface area contributed by atoms with Crippen LogP contribution in [0.5, 0.6) is 0 Å². The van der Waals surface area contributed by atoms with Gasteiger partial charge in [-0.2, -0.15) is 0 Å². The van der Waals surface area contributed by atoms with Crippen molar-refractivity contribution in [1.82, 2.24) is 0 Å². The zero-order valence-electron chi connectivity index (χ0n) is 39.1. The highest BCUT2D eigenvalue weighted by molar-refractivity contribution is 6.15. The average Bonchev–Trinajstić information content (AvgIpc) is 3.38. The highest BCUT2D eigenvalue weighted by Crippen LogP contribution is 2.43. The summed E-state index contributed by atoms with van der Waals surface area (Å²) >= 11 is 0. The first kappa shape index (κ1) is 44.2. The van der Waals surface area contributed by atoms with Crippen molar-refractivity contribution >= 4 is 54.2 Å². The van der Waals surface area contributed by atoms with Gasteiger partial charge in [-0.15, -0.1) is 0 Å². The van der Waals surface area contributed by atoms with Crippen molar-refractivity contribution in [2.45, 2.75) is 34.1 Å². The Balaban J connectivity index is 0.000000347. The van der Waals surface area contributed by atoms with Crippen LogP contribution in [0.15, 0.2) is 249 Å². The molecule has 0 aliphatic carbocycles. The van der Waals surface area contributed by atoms with Crippen molar-refractivity contribution in [3.63, 3.8) is 0 Å². The molecule has 10 aromatic rings. The van der Waals surface area contributed by atoms with Gasteiger partial charge in [-0.1, -0.05) is 244 Å².